The van der Waals surface area contributed by atoms with Crippen molar-refractivity contribution in [2.24, 2.45) is 0 Å². The van der Waals surface area contributed by atoms with Gasteiger partial charge in [0.1, 0.15) is 11.6 Å². The number of carbonyl (C=O) groups is 1. The molecule has 1 saturated heterocycles. The third-order valence-electron chi connectivity index (χ3n) is 5.50. The molecule has 2 heterocycles. The van der Waals surface area contributed by atoms with E-state index in [1.165, 1.54) is 12.1 Å². The van der Waals surface area contributed by atoms with Gasteiger partial charge in [-0.1, -0.05) is 24.3 Å². The van der Waals surface area contributed by atoms with Gasteiger partial charge in [-0.2, -0.15) is 0 Å². The smallest absolute Gasteiger partial charge is 0.227 e. The van der Waals surface area contributed by atoms with Gasteiger partial charge in [0.2, 0.25) is 5.91 Å². The SMILES string of the molecule is COc1ccc(CC(=O)N2CCCC(c3nccnc3-c3cccc(F)c3)C2)cc1. The van der Waals surface area contributed by atoms with E-state index in [0.717, 1.165) is 36.4 Å². The van der Waals surface area contributed by atoms with E-state index in [0.29, 0.717) is 24.2 Å². The summed E-state index contributed by atoms with van der Waals surface area (Å²) in [6.45, 7) is 1.33. The first kappa shape index (κ1) is 20.0. The first-order valence-corrected chi connectivity index (χ1v) is 10.1. The Bertz CT molecular complexity index is 1020. The number of methoxy groups -OCH3 is 1. The monoisotopic (exact) mass is 405 g/mol. The summed E-state index contributed by atoms with van der Waals surface area (Å²) in [5, 5.41) is 0. The van der Waals surface area contributed by atoms with Crippen LogP contribution in [0.2, 0.25) is 0 Å². The third-order valence-corrected chi connectivity index (χ3v) is 5.50. The van der Waals surface area contributed by atoms with Crippen LogP contribution in [0.5, 0.6) is 5.75 Å². The summed E-state index contributed by atoms with van der Waals surface area (Å²) in [5.74, 6) is 0.646. The molecular formula is C24H24FN3O2. The molecule has 0 bridgehead atoms. The molecule has 154 valence electrons. The van der Waals surface area contributed by atoms with Crippen LogP contribution in [-0.2, 0) is 11.2 Å². The number of carbonyl (C=O) groups excluding carboxylic acids is 1. The topological polar surface area (TPSA) is 55.3 Å². The fourth-order valence-corrected chi connectivity index (χ4v) is 3.96. The Hall–Kier alpha value is -3.28. The van der Waals surface area contributed by atoms with Gasteiger partial charge in [0.05, 0.1) is 24.9 Å². The van der Waals surface area contributed by atoms with E-state index in [-0.39, 0.29) is 17.6 Å². The highest BCUT2D eigenvalue weighted by molar-refractivity contribution is 5.79. The zero-order valence-corrected chi connectivity index (χ0v) is 16.9. The van der Waals surface area contributed by atoms with E-state index in [2.05, 4.69) is 9.97 Å². The average Bonchev–Trinajstić information content (AvgIpc) is 2.79. The Morgan fingerprint density at radius 2 is 1.97 bits per heavy atom. The van der Waals surface area contributed by atoms with E-state index in [1.54, 1.807) is 25.6 Å². The van der Waals surface area contributed by atoms with Crippen LogP contribution < -0.4 is 4.74 Å². The molecule has 1 atom stereocenters. The first-order valence-electron chi connectivity index (χ1n) is 10.1. The maximum atomic E-state index is 13.7. The van der Waals surface area contributed by atoms with Crippen molar-refractivity contribution >= 4 is 5.91 Å². The zero-order valence-electron chi connectivity index (χ0n) is 16.9. The van der Waals surface area contributed by atoms with E-state index in [9.17, 15) is 9.18 Å². The summed E-state index contributed by atoms with van der Waals surface area (Å²) in [6, 6.07) is 14.0. The Morgan fingerprint density at radius 3 is 2.73 bits per heavy atom. The average molecular weight is 405 g/mol. The van der Waals surface area contributed by atoms with Crippen molar-refractivity contribution in [3.8, 4) is 17.0 Å². The predicted molar refractivity (Wildman–Crippen MR) is 113 cm³/mol. The Morgan fingerprint density at radius 1 is 1.17 bits per heavy atom. The standard InChI is InChI=1S/C24H24FN3O2/c1-30-21-9-7-17(8-10-21)14-22(29)28-13-3-5-19(16-28)24-23(26-11-12-27-24)18-4-2-6-20(25)15-18/h2,4,6-12,15,19H,3,5,13-14,16H2,1H3. The van der Waals surface area contributed by atoms with E-state index in [1.807, 2.05) is 35.2 Å². The van der Waals surface area contributed by atoms with E-state index < -0.39 is 0 Å². The molecule has 6 heteroatoms. The lowest BCUT2D eigenvalue weighted by Crippen LogP contribution is -2.40. The van der Waals surface area contributed by atoms with Crippen molar-refractivity contribution in [2.45, 2.75) is 25.2 Å². The Labute approximate surface area is 175 Å². The van der Waals surface area contributed by atoms with Gasteiger partial charge in [-0.05, 0) is 42.7 Å². The number of hydrogen-bond acceptors (Lipinski definition) is 4. The second-order valence-electron chi connectivity index (χ2n) is 7.50. The molecule has 1 fully saturated rings. The molecule has 5 nitrogen and oxygen atoms in total. The van der Waals surface area contributed by atoms with Gasteiger partial charge < -0.3 is 9.64 Å². The third kappa shape index (κ3) is 4.48. The first-order chi connectivity index (χ1) is 14.6. The van der Waals surface area contributed by atoms with Crippen LogP contribution in [0.4, 0.5) is 4.39 Å². The molecular weight excluding hydrogens is 381 g/mol. The molecule has 1 aliphatic heterocycles. The van der Waals surface area contributed by atoms with E-state index >= 15 is 0 Å². The largest absolute Gasteiger partial charge is 0.497 e. The van der Waals surface area contributed by atoms with Crippen LogP contribution in [0.1, 0.15) is 30.0 Å². The van der Waals surface area contributed by atoms with Gasteiger partial charge in [0, 0.05) is 37.0 Å². The Balaban J connectivity index is 1.51. The number of halogens is 1. The highest BCUT2D eigenvalue weighted by atomic mass is 19.1. The lowest BCUT2D eigenvalue weighted by molar-refractivity contribution is -0.131. The molecule has 0 spiro atoms. The lowest BCUT2D eigenvalue weighted by Gasteiger charge is -2.33. The zero-order chi connectivity index (χ0) is 20.9. The van der Waals surface area contributed by atoms with E-state index in [4.69, 9.17) is 4.74 Å². The second-order valence-corrected chi connectivity index (χ2v) is 7.50. The number of amides is 1. The maximum Gasteiger partial charge on any atom is 0.227 e. The lowest BCUT2D eigenvalue weighted by atomic mass is 9.91. The molecule has 1 unspecified atom stereocenters. The van der Waals surface area contributed by atoms with Crippen LogP contribution in [0.15, 0.2) is 60.9 Å². The van der Waals surface area contributed by atoms with Gasteiger partial charge in [-0.3, -0.25) is 14.8 Å². The Kier molecular flexibility index (Phi) is 6.02. The summed E-state index contributed by atoms with van der Waals surface area (Å²) in [6.07, 6.45) is 5.47. The molecule has 0 radical (unpaired) electrons. The number of nitrogens with zero attached hydrogens (tertiary/aromatic N) is 3. The van der Waals surface area contributed by atoms with Crippen molar-refractivity contribution in [3.63, 3.8) is 0 Å². The summed E-state index contributed by atoms with van der Waals surface area (Å²) >= 11 is 0. The minimum atomic E-state index is -0.302. The molecule has 1 amide bonds. The molecule has 0 aliphatic carbocycles. The van der Waals surface area contributed by atoms with Crippen LogP contribution in [0, 0.1) is 5.82 Å². The highest BCUT2D eigenvalue weighted by Crippen LogP contribution is 2.32. The number of rotatable bonds is 5. The van der Waals surface area contributed by atoms with Gasteiger partial charge in [-0.15, -0.1) is 0 Å². The minimum absolute atomic E-state index is 0.0746. The molecule has 0 N–H and O–H groups in total. The summed E-state index contributed by atoms with van der Waals surface area (Å²) < 4.78 is 18.9. The summed E-state index contributed by atoms with van der Waals surface area (Å²) in [5.41, 5.74) is 3.18. The summed E-state index contributed by atoms with van der Waals surface area (Å²) in [4.78, 5) is 23.9. The molecule has 2 aromatic carbocycles. The number of likely N-dealkylation sites (tertiary alicyclic amines) is 1. The fraction of sp³-hybridized carbons (Fsp3) is 0.292. The van der Waals surface area contributed by atoms with Gasteiger partial charge in [0.15, 0.2) is 0 Å². The number of ether oxygens (including phenoxy) is 1. The predicted octanol–water partition coefficient (Wildman–Crippen LogP) is 4.24. The number of piperidine rings is 1. The normalized spacial score (nSPS) is 16.3. The van der Waals surface area contributed by atoms with Crippen molar-refractivity contribution in [3.05, 3.63) is 78.0 Å². The molecule has 1 aromatic heterocycles. The van der Waals surface area contributed by atoms with Crippen LogP contribution >= 0.6 is 0 Å². The second kappa shape index (κ2) is 9.03. The molecule has 4 rings (SSSR count). The van der Waals surface area contributed by atoms with Gasteiger partial charge in [-0.25, -0.2) is 4.39 Å². The van der Waals surface area contributed by atoms with Crippen LogP contribution in [-0.4, -0.2) is 41.0 Å². The molecule has 0 saturated carbocycles. The van der Waals surface area contributed by atoms with Crippen molar-refractivity contribution in [1.29, 1.82) is 0 Å². The quantitative estimate of drug-likeness (QED) is 0.637. The van der Waals surface area contributed by atoms with Gasteiger partial charge in [0.25, 0.3) is 0 Å². The number of hydrogen-bond donors (Lipinski definition) is 0. The van der Waals surface area contributed by atoms with Crippen molar-refractivity contribution in [1.82, 2.24) is 14.9 Å². The number of benzene rings is 2. The fourth-order valence-electron chi connectivity index (χ4n) is 3.96. The highest BCUT2D eigenvalue weighted by Gasteiger charge is 2.28. The molecule has 1 aliphatic rings. The minimum Gasteiger partial charge on any atom is -0.497 e. The van der Waals surface area contributed by atoms with Gasteiger partial charge >= 0.3 is 0 Å². The number of aromatic nitrogens is 2. The van der Waals surface area contributed by atoms with Crippen molar-refractivity contribution in [2.75, 3.05) is 20.2 Å². The molecule has 3 aromatic rings. The summed E-state index contributed by atoms with van der Waals surface area (Å²) in [7, 11) is 1.62. The van der Waals surface area contributed by atoms with Crippen molar-refractivity contribution < 1.29 is 13.9 Å². The maximum absolute atomic E-state index is 13.7. The van der Waals surface area contributed by atoms with Crippen LogP contribution in [0.3, 0.4) is 0 Å². The molecule has 30 heavy (non-hydrogen) atoms. The van der Waals surface area contributed by atoms with Crippen LogP contribution in [0.25, 0.3) is 11.3 Å².